The molecule has 0 atom stereocenters. The lowest BCUT2D eigenvalue weighted by atomic mass is 10.1. The van der Waals surface area contributed by atoms with Crippen LogP contribution in [0.1, 0.15) is 0 Å². The minimum absolute atomic E-state index is 0.220. The molecule has 0 amide bonds. The van der Waals surface area contributed by atoms with Gasteiger partial charge in [-0.1, -0.05) is 48.5 Å². The highest BCUT2D eigenvalue weighted by Crippen LogP contribution is 2.24. The second-order valence-corrected chi connectivity index (χ2v) is 5.23. The van der Waals surface area contributed by atoms with Gasteiger partial charge in [0.15, 0.2) is 0 Å². The van der Waals surface area contributed by atoms with Gasteiger partial charge in [0.25, 0.3) is 5.56 Å². The van der Waals surface area contributed by atoms with Crippen molar-refractivity contribution in [3.05, 3.63) is 75.5 Å². The highest BCUT2D eigenvalue weighted by Gasteiger charge is 2.10. The number of nitrogens with zero attached hydrogens (tertiary/aromatic N) is 1. The average Bonchev–Trinajstić information content (AvgIpc) is 2.52. The molecule has 3 rings (SSSR count). The molecular weight excluding hydrogens is 330 g/mol. The number of aromatic nitrogens is 2. The fourth-order valence-corrected chi connectivity index (χ4v) is 2.38. The minimum Gasteiger partial charge on any atom is -0.326 e. The number of H-pyrrole nitrogens is 1. The van der Waals surface area contributed by atoms with Crippen molar-refractivity contribution in [1.29, 1.82) is 0 Å². The SMILES string of the molecule is O=c1[nH]c(Nc2ccccc2)nc(-c2ccccc2)c1Br. The number of hydrogen-bond donors (Lipinski definition) is 2. The van der Waals surface area contributed by atoms with Gasteiger partial charge >= 0.3 is 0 Å². The van der Waals surface area contributed by atoms with Gasteiger partial charge in [-0.15, -0.1) is 0 Å². The molecule has 0 spiro atoms. The Bertz CT molecular complexity index is 801. The summed E-state index contributed by atoms with van der Waals surface area (Å²) in [6.07, 6.45) is 0. The van der Waals surface area contributed by atoms with E-state index < -0.39 is 0 Å². The zero-order chi connectivity index (χ0) is 14.7. The maximum Gasteiger partial charge on any atom is 0.267 e. The standard InChI is InChI=1S/C16H12BrN3O/c17-13-14(11-7-3-1-4-8-11)19-16(20-15(13)21)18-12-9-5-2-6-10-12/h1-10H,(H2,18,19,20,21). The van der Waals surface area contributed by atoms with Crippen LogP contribution in [0.3, 0.4) is 0 Å². The largest absolute Gasteiger partial charge is 0.326 e. The fraction of sp³-hybridized carbons (Fsp3) is 0. The number of benzene rings is 2. The van der Waals surface area contributed by atoms with Gasteiger partial charge in [-0.05, 0) is 28.1 Å². The zero-order valence-corrected chi connectivity index (χ0v) is 12.6. The molecule has 4 nitrogen and oxygen atoms in total. The molecule has 5 heteroatoms. The minimum atomic E-state index is -0.220. The fourth-order valence-electron chi connectivity index (χ4n) is 1.96. The van der Waals surface area contributed by atoms with Crippen LogP contribution in [0.4, 0.5) is 11.6 Å². The van der Waals surface area contributed by atoms with Gasteiger partial charge in [-0.2, -0.15) is 0 Å². The number of para-hydroxylation sites is 1. The Morgan fingerprint density at radius 1 is 0.952 bits per heavy atom. The molecule has 0 radical (unpaired) electrons. The number of hydrogen-bond acceptors (Lipinski definition) is 3. The van der Waals surface area contributed by atoms with Crippen molar-refractivity contribution < 1.29 is 0 Å². The van der Waals surface area contributed by atoms with Crippen molar-refractivity contribution in [1.82, 2.24) is 9.97 Å². The molecule has 2 N–H and O–H groups in total. The van der Waals surface area contributed by atoms with Crippen molar-refractivity contribution in [2.75, 3.05) is 5.32 Å². The Hall–Kier alpha value is -2.40. The molecule has 0 bridgehead atoms. The van der Waals surface area contributed by atoms with Gasteiger partial charge in [-0.25, -0.2) is 4.98 Å². The van der Waals surface area contributed by atoms with E-state index in [2.05, 4.69) is 31.2 Å². The molecule has 1 aromatic heterocycles. The molecule has 0 aliphatic heterocycles. The number of nitrogens with one attached hydrogen (secondary N) is 2. The van der Waals surface area contributed by atoms with Crippen LogP contribution in [0.25, 0.3) is 11.3 Å². The normalized spacial score (nSPS) is 10.3. The molecule has 0 saturated heterocycles. The summed E-state index contributed by atoms with van der Waals surface area (Å²) in [7, 11) is 0. The van der Waals surface area contributed by atoms with E-state index in [0.29, 0.717) is 16.1 Å². The molecule has 3 aromatic rings. The van der Waals surface area contributed by atoms with Gasteiger partial charge in [0, 0.05) is 11.3 Å². The van der Waals surface area contributed by atoms with E-state index in [4.69, 9.17) is 0 Å². The van der Waals surface area contributed by atoms with Crippen molar-refractivity contribution >= 4 is 27.6 Å². The first-order chi connectivity index (χ1) is 10.2. The highest BCUT2D eigenvalue weighted by molar-refractivity contribution is 9.10. The van der Waals surface area contributed by atoms with E-state index >= 15 is 0 Å². The summed E-state index contributed by atoms with van der Waals surface area (Å²) < 4.78 is 0.423. The first-order valence-electron chi connectivity index (χ1n) is 6.41. The summed E-state index contributed by atoms with van der Waals surface area (Å²) in [6.45, 7) is 0. The Morgan fingerprint density at radius 2 is 1.57 bits per heavy atom. The van der Waals surface area contributed by atoms with E-state index in [1.807, 2.05) is 60.7 Å². The van der Waals surface area contributed by atoms with Gasteiger partial charge < -0.3 is 5.32 Å². The van der Waals surface area contributed by atoms with Crippen LogP contribution in [-0.2, 0) is 0 Å². The predicted octanol–water partition coefficient (Wildman–Crippen LogP) is 3.94. The Kier molecular flexibility index (Phi) is 3.83. The monoisotopic (exact) mass is 341 g/mol. The first kappa shape index (κ1) is 13.6. The lowest BCUT2D eigenvalue weighted by Crippen LogP contribution is -2.13. The Morgan fingerprint density at radius 3 is 2.24 bits per heavy atom. The van der Waals surface area contributed by atoms with Crippen LogP contribution in [0.5, 0.6) is 0 Å². The third-order valence-electron chi connectivity index (χ3n) is 2.95. The zero-order valence-electron chi connectivity index (χ0n) is 11.0. The lowest BCUT2D eigenvalue weighted by molar-refractivity contribution is 1.11. The van der Waals surface area contributed by atoms with Crippen LogP contribution in [0, 0.1) is 0 Å². The molecule has 0 unspecified atom stereocenters. The molecule has 0 saturated carbocycles. The van der Waals surface area contributed by atoms with Crippen LogP contribution in [-0.4, -0.2) is 9.97 Å². The number of aromatic amines is 1. The van der Waals surface area contributed by atoms with Crippen LogP contribution >= 0.6 is 15.9 Å². The number of halogens is 1. The van der Waals surface area contributed by atoms with Crippen molar-refractivity contribution in [2.24, 2.45) is 0 Å². The van der Waals surface area contributed by atoms with Crippen LogP contribution in [0.15, 0.2) is 69.9 Å². The molecular formula is C16H12BrN3O. The van der Waals surface area contributed by atoms with Gasteiger partial charge in [0.05, 0.1) is 5.69 Å². The number of anilines is 2. The van der Waals surface area contributed by atoms with Gasteiger partial charge in [-0.3, -0.25) is 9.78 Å². The Balaban J connectivity index is 2.04. The molecule has 2 aromatic carbocycles. The van der Waals surface area contributed by atoms with Crippen LogP contribution < -0.4 is 10.9 Å². The second-order valence-electron chi connectivity index (χ2n) is 4.43. The van der Waals surface area contributed by atoms with E-state index in [1.165, 1.54) is 0 Å². The predicted molar refractivity (Wildman–Crippen MR) is 87.7 cm³/mol. The number of rotatable bonds is 3. The molecule has 0 aliphatic carbocycles. The summed E-state index contributed by atoms with van der Waals surface area (Å²) in [5.41, 5.74) is 2.13. The molecule has 1 heterocycles. The molecule has 0 aliphatic rings. The van der Waals surface area contributed by atoms with E-state index in [9.17, 15) is 4.79 Å². The van der Waals surface area contributed by atoms with E-state index in [1.54, 1.807) is 0 Å². The van der Waals surface area contributed by atoms with Gasteiger partial charge in [0.2, 0.25) is 5.95 Å². The third-order valence-corrected chi connectivity index (χ3v) is 3.68. The summed E-state index contributed by atoms with van der Waals surface area (Å²) in [6, 6.07) is 19.1. The van der Waals surface area contributed by atoms with Crippen molar-refractivity contribution in [3.8, 4) is 11.3 Å². The molecule has 104 valence electrons. The topological polar surface area (TPSA) is 57.8 Å². The maximum absolute atomic E-state index is 12.0. The summed E-state index contributed by atoms with van der Waals surface area (Å²) in [5.74, 6) is 0.410. The van der Waals surface area contributed by atoms with Crippen molar-refractivity contribution in [2.45, 2.75) is 0 Å². The summed E-state index contributed by atoms with van der Waals surface area (Å²) >= 11 is 3.30. The average molecular weight is 342 g/mol. The molecule has 0 fully saturated rings. The van der Waals surface area contributed by atoms with E-state index in [-0.39, 0.29) is 5.56 Å². The smallest absolute Gasteiger partial charge is 0.267 e. The van der Waals surface area contributed by atoms with E-state index in [0.717, 1.165) is 11.3 Å². The second kappa shape index (κ2) is 5.93. The summed E-state index contributed by atoms with van der Waals surface area (Å²) in [5, 5.41) is 3.09. The quantitative estimate of drug-likeness (QED) is 0.758. The molecule has 21 heavy (non-hydrogen) atoms. The highest BCUT2D eigenvalue weighted by atomic mass is 79.9. The first-order valence-corrected chi connectivity index (χ1v) is 7.20. The van der Waals surface area contributed by atoms with Crippen LogP contribution in [0.2, 0.25) is 0 Å². The van der Waals surface area contributed by atoms with Gasteiger partial charge in [0.1, 0.15) is 4.47 Å². The Labute approximate surface area is 130 Å². The maximum atomic E-state index is 12.0. The van der Waals surface area contributed by atoms with Crippen molar-refractivity contribution in [3.63, 3.8) is 0 Å². The lowest BCUT2D eigenvalue weighted by Gasteiger charge is -2.08. The summed E-state index contributed by atoms with van der Waals surface area (Å²) in [4.78, 5) is 19.2. The third kappa shape index (κ3) is 3.03.